The van der Waals surface area contributed by atoms with Crippen molar-refractivity contribution >= 4 is 39.3 Å². The lowest BCUT2D eigenvalue weighted by molar-refractivity contribution is 0.0597. The van der Waals surface area contributed by atoms with E-state index in [1.165, 1.54) is 18.9 Å². The van der Waals surface area contributed by atoms with E-state index in [0.29, 0.717) is 16.1 Å². The van der Waals surface area contributed by atoms with Gasteiger partial charge in [-0.1, -0.05) is 30.0 Å². The summed E-state index contributed by atoms with van der Waals surface area (Å²) >= 11 is 4.92. The molecule has 0 atom stereocenters. The molecule has 0 saturated carbocycles. The van der Waals surface area contributed by atoms with Crippen LogP contribution in [-0.2, 0) is 4.74 Å². The fourth-order valence-corrected chi connectivity index (χ4v) is 3.08. The zero-order valence-corrected chi connectivity index (χ0v) is 12.6. The summed E-state index contributed by atoms with van der Waals surface area (Å²) in [5.74, 6) is -0.387. The van der Waals surface area contributed by atoms with Gasteiger partial charge < -0.3 is 10.5 Å². The number of nitrogen functional groups attached to an aromatic ring is 1. The lowest BCUT2D eigenvalue weighted by Crippen LogP contribution is -2.05. The van der Waals surface area contributed by atoms with Gasteiger partial charge in [0.25, 0.3) is 0 Å². The molecule has 19 heavy (non-hydrogen) atoms. The number of rotatable bonds is 3. The molecule has 0 heterocycles. The van der Waals surface area contributed by atoms with Crippen molar-refractivity contribution in [2.45, 2.75) is 9.79 Å². The van der Waals surface area contributed by atoms with Crippen LogP contribution in [0.5, 0.6) is 0 Å². The minimum absolute atomic E-state index is 0.387. The SMILES string of the molecule is COC(=O)c1cccc(N)c1Sc1ccccc1Br. The summed E-state index contributed by atoms with van der Waals surface area (Å²) in [6.07, 6.45) is 0. The lowest BCUT2D eigenvalue weighted by Gasteiger charge is -2.11. The molecule has 0 aliphatic rings. The fraction of sp³-hybridized carbons (Fsp3) is 0.0714. The van der Waals surface area contributed by atoms with E-state index in [2.05, 4.69) is 15.9 Å². The van der Waals surface area contributed by atoms with Crippen molar-refractivity contribution in [1.82, 2.24) is 0 Å². The molecule has 0 bridgehead atoms. The van der Waals surface area contributed by atoms with Crippen LogP contribution in [0.1, 0.15) is 10.4 Å². The quantitative estimate of drug-likeness (QED) is 0.680. The van der Waals surface area contributed by atoms with Gasteiger partial charge in [-0.15, -0.1) is 0 Å². The molecule has 0 aromatic heterocycles. The van der Waals surface area contributed by atoms with Crippen molar-refractivity contribution in [3.63, 3.8) is 0 Å². The van der Waals surface area contributed by atoms with Crippen molar-refractivity contribution < 1.29 is 9.53 Å². The normalized spacial score (nSPS) is 10.2. The summed E-state index contributed by atoms with van der Waals surface area (Å²) in [5.41, 5.74) is 7.00. The Kier molecular flexibility index (Phi) is 4.50. The number of nitrogens with two attached hydrogens (primary N) is 1. The van der Waals surface area contributed by atoms with Crippen molar-refractivity contribution in [2.24, 2.45) is 0 Å². The van der Waals surface area contributed by atoms with Gasteiger partial charge in [0.2, 0.25) is 0 Å². The number of carbonyl (C=O) groups excluding carboxylic acids is 1. The predicted octanol–water partition coefficient (Wildman–Crippen LogP) is 3.97. The molecule has 0 spiro atoms. The maximum absolute atomic E-state index is 11.8. The molecule has 0 aliphatic carbocycles. The largest absolute Gasteiger partial charge is 0.465 e. The summed E-state index contributed by atoms with van der Waals surface area (Å²) in [5, 5.41) is 0. The average molecular weight is 338 g/mol. The third kappa shape index (κ3) is 3.11. The Labute approximate surface area is 124 Å². The summed E-state index contributed by atoms with van der Waals surface area (Å²) in [4.78, 5) is 13.5. The third-order valence-corrected chi connectivity index (χ3v) is 4.69. The highest BCUT2D eigenvalue weighted by Gasteiger charge is 2.16. The zero-order valence-electron chi connectivity index (χ0n) is 10.2. The molecule has 0 fully saturated rings. The standard InChI is InChI=1S/C14H12BrNO2S/c1-18-14(17)9-5-4-7-11(16)13(9)19-12-8-3-2-6-10(12)15/h2-8H,16H2,1H3. The Balaban J connectivity index is 2.45. The molecule has 0 saturated heterocycles. The average Bonchev–Trinajstić information content (AvgIpc) is 2.42. The third-order valence-electron chi connectivity index (χ3n) is 2.50. The Bertz CT molecular complexity index is 616. The number of benzene rings is 2. The first-order valence-corrected chi connectivity index (χ1v) is 7.13. The molecule has 0 unspecified atom stereocenters. The van der Waals surface area contributed by atoms with E-state index in [0.717, 1.165) is 9.37 Å². The predicted molar refractivity (Wildman–Crippen MR) is 80.5 cm³/mol. The van der Waals surface area contributed by atoms with Gasteiger partial charge >= 0.3 is 5.97 Å². The number of anilines is 1. The molecule has 5 heteroatoms. The zero-order chi connectivity index (χ0) is 13.8. The minimum atomic E-state index is -0.387. The first kappa shape index (κ1) is 14.0. The van der Waals surface area contributed by atoms with Crippen LogP contribution >= 0.6 is 27.7 Å². The van der Waals surface area contributed by atoms with Crippen LogP contribution in [0.25, 0.3) is 0 Å². The molecular weight excluding hydrogens is 326 g/mol. The number of carbonyl (C=O) groups is 1. The van der Waals surface area contributed by atoms with Crippen molar-refractivity contribution in [3.05, 3.63) is 52.5 Å². The van der Waals surface area contributed by atoms with Gasteiger partial charge in [0.15, 0.2) is 0 Å². The number of ether oxygens (including phenoxy) is 1. The second-order valence-electron chi connectivity index (χ2n) is 3.75. The van der Waals surface area contributed by atoms with Gasteiger partial charge in [0.05, 0.1) is 12.7 Å². The number of hydrogen-bond donors (Lipinski definition) is 1. The molecule has 0 radical (unpaired) electrons. The van der Waals surface area contributed by atoms with Crippen LogP contribution in [0, 0.1) is 0 Å². The first-order chi connectivity index (χ1) is 9.13. The maximum Gasteiger partial charge on any atom is 0.339 e. The topological polar surface area (TPSA) is 52.3 Å². The lowest BCUT2D eigenvalue weighted by atomic mass is 10.2. The van der Waals surface area contributed by atoms with Crippen LogP contribution in [-0.4, -0.2) is 13.1 Å². The van der Waals surface area contributed by atoms with E-state index >= 15 is 0 Å². The molecule has 2 N–H and O–H groups in total. The highest BCUT2D eigenvalue weighted by atomic mass is 79.9. The smallest absolute Gasteiger partial charge is 0.339 e. The van der Waals surface area contributed by atoms with Gasteiger partial charge in [-0.3, -0.25) is 0 Å². The van der Waals surface area contributed by atoms with Crippen LogP contribution < -0.4 is 5.73 Å². The molecule has 2 aromatic carbocycles. The number of esters is 1. The molecule has 2 aromatic rings. The Morgan fingerprint density at radius 1 is 1.21 bits per heavy atom. The fourth-order valence-electron chi connectivity index (χ4n) is 1.58. The van der Waals surface area contributed by atoms with Gasteiger partial charge in [-0.2, -0.15) is 0 Å². The molecule has 2 rings (SSSR count). The van der Waals surface area contributed by atoms with Crippen LogP contribution in [0.2, 0.25) is 0 Å². The van der Waals surface area contributed by atoms with E-state index in [1.54, 1.807) is 18.2 Å². The van der Waals surface area contributed by atoms with Crippen molar-refractivity contribution in [1.29, 1.82) is 0 Å². The first-order valence-electron chi connectivity index (χ1n) is 5.52. The maximum atomic E-state index is 11.8. The molecule has 98 valence electrons. The molecule has 0 aliphatic heterocycles. The van der Waals surface area contributed by atoms with Gasteiger partial charge in [0, 0.05) is 20.0 Å². The molecule has 3 nitrogen and oxygen atoms in total. The van der Waals surface area contributed by atoms with Gasteiger partial charge in [-0.05, 0) is 40.2 Å². The monoisotopic (exact) mass is 337 g/mol. The second-order valence-corrected chi connectivity index (χ2v) is 5.65. The van der Waals surface area contributed by atoms with E-state index in [1.807, 2.05) is 24.3 Å². The van der Waals surface area contributed by atoms with E-state index < -0.39 is 0 Å². The van der Waals surface area contributed by atoms with E-state index in [9.17, 15) is 4.79 Å². The minimum Gasteiger partial charge on any atom is -0.465 e. The molecule has 0 amide bonds. The van der Waals surface area contributed by atoms with Crippen LogP contribution in [0.4, 0.5) is 5.69 Å². The van der Waals surface area contributed by atoms with E-state index in [-0.39, 0.29) is 5.97 Å². The number of halogens is 1. The van der Waals surface area contributed by atoms with Gasteiger partial charge in [-0.25, -0.2) is 4.79 Å². The Morgan fingerprint density at radius 2 is 1.95 bits per heavy atom. The highest BCUT2D eigenvalue weighted by molar-refractivity contribution is 9.10. The Hall–Kier alpha value is -1.46. The summed E-state index contributed by atoms with van der Waals surface area (Å²) in [7, 11) is 1.36. The number of methoxy groups -OCH3 is 1. The van der Waals surface area contributed by atoms with Crippen LogP contribution in [0.15, 0.2) is 56.7 Å². The summed E-state index contributed by atoms with van der Waals surface area (Å²) < 4.78 is 5.74. The van der Waals surface area contributed by atoms with Crippen LogP contribution in [0.3, 0.4) is 0 Å². The van der Waals surface area contributed by atoms with E-state index in [4.69, 9.17) is 10.5 Å². The summed E-state index contributed by atoms with van der Waals surface area (Å²) in [6, 6.07) is 13.0. The second kappa shape index (κ2) is 6.12. The van der Waals surface area contributed by atoms with Crippen molar-refractivity contribution in [3.8, 4) is 0 Å². The van der Waals surface area contributed by atoms with Crippen molar-refractivity contribution in [2.75, 3.05) is 12.8 Å². The Morgan fingerprint density at radius 3 is 2.63 bits per heavy atom. The highest BCUT2D eigenvalue weighted by Crippen LogP contribution is 2.38. The molecular formula is C14H12BrNO2S. The van der Waals surface area contributed by atoms with Gasteiger partial charge in [0.1, 0.15) is 0 Å². The summed E-state index contributed by atoms with van der Waals surface area (Å²) in [6.45, 7) is 0. The number of hydrogen-bond acceptors (Lipinski definition) is 4.